The zero-order valence-electron chi connectivity index (χ0n) is 14.4. The van der Waals surface area contributed by atoms with Crippen LogP contribution < -0.4 is 10.2 Å². The first-order valence-electron chi connectivity index (χ1n) is 8.66. The van der Waals surface area contributed by atoms with Gasteiger partial charge in [0.25, 0.3) is 11.8 Å². The molecule has 1 aliphatic heterocycles. The van der Waals surface area contributed by atoms with E-state index in [1.165, 1.54) is 4.90 Å². The van der Waals surface area contributed by atoms with Crippen LogP contribution in [0.25, 0.3) is 10.8 Å². The molecule has 0 aliphatic carbocycles. The van der Waals surface area contributed by atoms with Crippen molar-refractivity contribution in [2.24, 2.45) is 0 Å². The van der Waals surface area contributed by atoms with Crippen LogP contribution in [-0.2, 0) is 0 Å². The molecule has 0 unspecified atom stereocenters. The van der Waals surface area contributed by atoms with Gasteiger partial charge in [0, 0.05) is 45.2 Å². The summed E-state index contributed by atoms with van der Waals surface area (Å²) in [5.74, 6) is -0.660. The number of anilines is 2. The quantitative estimate of drug-likeness (QED) is 0.475. The Morgan fingerprint density at radius 3 is 2.44 bits per heavy atom. The Balaban J connectivity index is 1.85. The number of carbonyl (C=O) groups is 2. The number of nitrogens with zero attached hydrogens (tertiary/aromatic N) is 1. The van der Waals surface area contributed by atoms with Crippen molar-refractivity contribution in [3.05, 3.63) is 70.2 Å². The average molecular weight is 425 g/mol. The number of benzene rings is 3. The molecule has 4 rings (SSSR count). The lowest BCUT2D eigenvalue weighted by Gasteiger charge is -2.28. The topological polar surface area (TPSA) is 69.6 Å². The summed E-state index contributed by atoms with van der Waals surface area (Å²) in [5, 5.41) is 13.8. The van der Waals surface area contributed by atoms with Gasteiger partial charge in [-0.15, -0.1) is 0 Å². The second-order valence-corrected chi connectivity index (χ2v) is 7.23. The number of aliphatic hydroxyl groups is 1. The lowest BCUT2D eigenvalue weighted by Crippen LogP contribution is -2.40. The molecule has 2 N–H and O–H groups in total. The molecule has 3 aromatic rings. The molecule has 1 aliphatic rings. The van der Waals surface area contributed by atoms with E-state index in [4.69, 9.17) is 5.11 Å². The molecule has 1 heterocycles. The van der Waals surface area contributed by atoms with Gasteiger partial charge in [-0.1, -0.05) is 34.1 Å². The molecule has 0 bridgehead atoms. The normalized spacial score (nSPS) is 13.3. The summed E-state index contributed by atoms with van der Waals surface area (Å²) < 4.78 is 0.799. The summed E-state index contributed by atoms with van der Waals surface area (Å²) >= 11 is 3.39. The standard InChI is InChI=1S/C21H17BrN2O3/c22-13-4-1-5-14(12-13)24-20(26)16-7-2-6-15-18(23-10-3-11-25)9-8-17(19(15)16)21(24)27/h1-2,4-9,12,23,25H,3,10-11H2. The van der Waals surface area contributed by atoms with Gasteiger partial charge in [-0.05, 0) is 42.8 Å². The third-order valence-electron chi connectivity index (χ3n) is 4.62. The van der Waals surface area contributed by atoms with Crippen LogP contribution >= 0.6 is 15.9 Å². The average Bonchev–Trinajstić information content (AvgIpc) is 2.67. The first-order chi connectivity index (χ1) is 13.1. The third-order valence-corrected chi connectivity index (χ3v) is 5.12. The van der Waals surface area contributed by atoms with Crippen LogP contribution in [-0.4, -0.2) is 30.1 Å². The number of carbonyl (C=O) groups excluding carboxylic acids is 2. The number of aliphatic hydroxyl groups excluding tert-OH is 1. The molecule has 3 aromatic carbocycles. The molecule has 0 fully saturated rings. The molecular formula is C21H17BrN2O3. The molecule has 0 saturated carbocycles. The maximum absolute atomic E-state index is 13.1. The Labute approximate surface area is 164 Å². The van der Waals surface area contributed by atoms with Crippen LogP contribution in [0.1, 0.15) is 27.1 Å². The number of rotatable bonds is 5. The summed E-state index contributed by atoms with van der Waals surface area (Å²) in [6.07, 6.45) is 0.622. The van der Waals surface area contributed by atoms with Crippen molar-refractivity contribution < 1.29 is 14.7 Å². The molecule has 27 heavy (non-hydrogen) atoms. The van der Waals surface area contributed by atoms with Crippen molar-refractivity contribution >= 4 is 49.9 Å². The summed E-state index contributed by atoms with van der Waals surface area (Å²) in [5.41, 5.74) is 2.40. The van der Waals surface area contributed by atoms with Crippen LogP contribution in [0.5, 0.6) is 0 Å². The second kappa shape index (κ2) is 7.13. The SMILES string of the molecule is O=C1c2cccc3c(NCCCO)ccc(c23)C(=O)N1c1cccc(Br)c1. The fraction of sp³-hybridized carbons (Fsp3) is 0.143. The van der Waals surface area contributed by atoms with Gasteiger partial charge in [0.05, 0.1) is 5.69 Å². The predicted octanol–water partition coefficient (Wildman–Crippen LogP) is 4.20. The Kier molecular flexibility index (Phi) is 4.68. The van der Waals surface area contributed by atoms with Crippen molar-refractivity contribution in [1.29, 1.82) is 0 Å². The minimum atomic E-state index is -0.330. The van der Waals surface area contributed by atoms with E-state index < -0.39 is 0 Å². The Hall–Kier alpha value is -2.70. The number of imide groups is 1. The highest BCUT2D eigenvalue weighted by atomic mass is 79.9. The molecule has 6 heteroatoms. The maximum atomic E-state index is 13.1. The maximum Gasteiger partial charge on any atom is 0.265 e. The number of hydrogen-bond donors (Lipinski definition) is 2. The van der Waals surface area contributed by atoms with E-state index >= 15 is 0 Å². The number of hydrogen-bond acceptors (Lipinski definition) is 4. The molecule has 0 atom stereocenters. The fourth-order valence-corrected chi connectivity index (χ4v) is 3.79. The number of nitrogens with one attached hydrogen (secondary N) is 1. The largest absolute Gasteiger partial charge is 0.396 e. The van der Waals surface area contributed by atoms with Gasteiger partial charge in [-0.3, -0.25) is 9.59 Å². The molecule has 0 aromatic heterocycles. The predicted molar refractivity (Wildman–Crippen MR) is 109 cm³/mol. The van der Waals surface area contributed by atoms with Gasteiger partial charge < -0.3 is 10.4 Å². The Bertz CT molecular complexity index is 1040. The van der Waals surface area contributed by atoms with Crippen molar-refractivity contribution in [1.82, 2.24) is 0 Å². The van der Waals surface area contributed by atoms with E-state index in [1.54, 1.807) is 30.3 Å². The molecule has 136 valence electrons. The van der Waals surface area contributed by atoms with E-state index in [2.05, 4.69) is 21.2 Å². The Morgan fingerprint density at radius 2 is 1.70 bits per heavy atom. The van der Waals surface area contributed by atoms with Crippen LogP contribution in [0.3, 0.4) is 0 Å². The van der Waals surface area contributed by atoms with E-state index in [-0.39, 0.29) is 18.4 Å². The van der Waals surface area contributed by atoms with Gasteiger partial charge in [0.2, 0.25) is 0 Å². The molecule has 0 radical (unpaired) electrons. The summed E-state index contributed by atoms with van der Waals surface area (Å²) in [6, 6.07) is 16.2. The minimum Gasteiger partial charge on any atom is -0.396 e. The van der Waals surface area contributed by atoms with Gasteiger partial charge >= 0.3 is 0 Å². The Morgan fingerprint density at radius 1 is 0.963 bits per heavy atom. The summed E-state index contributed by atoms with van der Waals surface area (Å²) in [6.45, 7) is 0.716. The van der Waals surface area contributed by atoms with Crippen LogP contribution in [0.2, 0.25) is 0 Å². The highest BCUT2D eigenvalue weighted by molar-refractivity contribution is 9.10. The summed E-state index contributed by atoms with van der Waals surface area (Å²) in [7, 11) is 0. The smallest absolute Gasteiger partial charge is 0.265 e. The third kappa shape index (κ3) is 3.01. The molecule has 0 spiro atoms. The van der Waals surface area contributed by atoms with E-state index in [1.807, 2.05) is 24.3 Å². The molecular weight excluding hydrogens is 408 g/mol. The van der Waals surface area contributed by atoms with Gasteiger partial charge in [-0.2, -0.15) is 0 Å². The molecule has 0 saturated heterocycles. The van der Waals surface area contributed by atoms with E-state index in [9.17, 15) is 9.59 Å². The number of halogens is 1. The molecule has 2 amide bonds. The lowest BCUT2D eigenvalue weighted by molar-refractivity contribution is 0.0893. The monoisotopic (exact) mass is 424 g/mol. The second-order valence-electron chi connectivity index (χ2n) is 6.32. The highest BCUT2D eigenvalue weighted by Gasteiger charge is 2.34. The van der Waals surface area contributed by atoms with Crippen LogP contribution in [0, 0.1) is 0 Å². The van der Waals surface area contributed by atoms with E-state index in [0.717, 1.165) is 15.5 Å². The van der Waals surface area contributed by atoms with Crippen molar-refractivity contribution in [2.45, 2.75) is 6.42 Å². The first-order valence-corrected chi connectivity index (χ1v) is 9.46. The van der Waals surface area contributed by atoms with Gasteiger partial charge in [-0.25, -0.2) is 4.90 Å². The molecule has 5 nitrogen and oxygen atoms in total. The van der Waals surface area contributed by atoms with Crippen molar-refractivity contribution in [3.8, 4) is 0 Å². The minimum absolute atomic E-state index is 0.104. The van der Waals surface area contributed by atoms with Crippen molar-refractivity contribution in [3.63, 3.8) is 0 Å². The zero-order valence-corrected chi connectivity index (χ0v) is 16.0. The lowest BCUT2D eigenvalue weighted by atomic mass is 9.92. The van der Waals surface area contributed by atoms with Crippen LogP contribution in [0.15, 0.2) is 59.1 Å². The number of amides is 2. The van der Waals surface area contributed by atoms with E-state index in [0.29, 0.717) is 35.2 Å². The zero-order chi connectivity index (χ0) is 19.0. The highest BCUT2D eigenvalue weighted by Crippen LogP contribution is 2.36. The van der Waals surface area contributed by atoms with Gasteiger partial charge in [0.1, 0.15) is 0 Å². The van der Waals surface area contributed by atoms with Crippen molar-refractivity contribution in [2.75, 3.05) is 23.4 Å². The fourth-order valence-electron chi connectivity index (χ4n) is 3.40. The first kappa shape index (κ1) is 17.7. The van der Waals surface area contributed by atoms with Gasteiger partial charge in [0.15, 0.2) is 0 Å². The van der Waals surface area contributed by atoms with Crippen LogP contribution in [0.4, 0.5) is 11.4 Å². The summed E-state index contributed by atoms with van der Waals surface area (Å²) in [4.78, 5) is 27.5.